The van der Waals surface area contributed by atoms with Crippen molar-refractivity contribution < 1.29 is 46.8 Å². The number of ether oxygens (including phenoxy) is 5. The van der Waals surface area contributed by atoms with Crippen LogP contribution in [0.1, 0.15) is 30.1 Å². The maximum atomic E-state index is 12.6. The summed E-state index contributed by atoms with van der Waals surface area (Å²) in [5.41, 5.74) is 0.505. The lowest BCUT2D eigenvalue weighted by atomic mass is 9.85. The number of alkyl halides is 2. The second-order valence-electron chi connectivity index (χ2n) is 8.91. The molecule has 1 aliphatic carbocycles. The largest absolute Gasteiger partial charge is 0.586 e. The second-order valence-corrected chi connectivity index (χ2v) is 9.31. The lowest BCUT2D eigenvalue weighted by Gasteiger charge is -2.34. The third kappa shape index (κ3) is 10.6. The van der Waals surface area contributed by atoms with Gasteiger partial charge in [-0.05, 0) is 64.2 Å². The lowest BCUT2D eigenvalue weighted by Crippen LogP contribution is -2.46. The molecule has 2 unspecified atom stereocenters. The van der Waals surface area contributed by atoms with Crippen LogP contribution < -0.4 is 29.6 Å². The highest BCUT2D eigenvalue weighted by Crippen LogP contribution is 2.42. The van der Waals surface area contributed by atoms with Crippen molar-refractivity contribution in [3.05, 3.63) is 59.1 Å². The topological polar surface area (TPSA) is 121 Å². The minimum absolute atomic E-state index is 0.0570. The van der Waals surface area contributed by atoms with Gasteiger partial charge in [0, 0.05) is 17.6 Å². The molecule has 1 aliphatic heterocycles. The first-order chi connectivity index (χ1) is 19.5. The molecule has 224 valence electrons. The van der Waals surface area contributed by atoms with E-state index < -0.39 is 12.3 Å². The van der Waals surface area contributed by atoms with Gasteiger partial charge in [-0.25, -0.2) is 4.79 Å². The number of benzene rings is 2. The zero-order valence-corrected chi connectivity index (χ0v) is 23.8. The number of carbonyl (C=O) groups is 3. The fourth-order valence-electron chi connectivity index (χ4n) is 3.67. The molecule has 2 aliphatic rings. The standard InChI is InChI=1S/C10H9ClO4.C9H6F2O4.C9H18N2/c1-14-10(13)8-6-7(15-5-4-12)2-3-9(8)11;10-9(11)14-7-2-1-6(13-4-3-12)5-8(7)15-9;1-9(11-3)6-4-5-8(7-9)10-2/h2-4,6H,5H2,1H3;1-3,5H,4H2;4-5,8,10-11H,6-7H2,1-3H3. The van der Waals surface area contributed by atoms with Crippen molar-refractivity contribution in [1.29, 1.82) is 0 Å². The molecule has 2 aromatic rings. The summed E-state index contributed by atoms with van der Waals surface area (Å²) in [6, 6.07) is 8.98. The Labute approximate surface area is 241 Å². The van der Waals surface area contributed by atoms with Crippen molar-refractivity contribution in [2.75, 3.05) is 34.4 Å². The van der Waals surface area contributed by atoms with Gasteiger partial charge in [0.15, 0.2) is 24.1 Å². The summed E-state index contributed by atoms with van der Waals surface area (Å²) in [7, 11) is 5.31. The molecule has 0 saturated heterocycles. The summed E-state index contributed by atoms with van der Waals surface area (Å²) >= 11 is 5.78. The number of esters is 1. The molecule has 0 spiro atoms. The van der Waals surface area contributed by atoms with Gasteiger partial charge in [-0.2, -0.15) is 0 Å². The average Bonchev–Trinajstić information content (AvgIpc) is 3.28. The first-order valence-corrected chi connectivity index (χ1v) is 12.8. The summed E-state index contributed by atoms with van der Waals surface area (Å²) in [6.45, 7) is 2.05. The fourth-order valence-corrected chi connectivity index (χ4v) is 3.87. The highest BCUT2D eigenvalue weighted by atomic mass is 35.5. The van der Waals surface area contributed by atoms with Crippen LogP contribution in [-0.4, -0.2) is 70.8 Å². The molecule has 2 atom stereocenters. The molecule has 2 N–H and O–H groups in total. The molecule has 0 aromatic heterocycles. The number of rotatable bonds is 9. The summed E-state index contributed by atoms with van der Waals surface area (Å²) in [5.74, 6) is -0.0487. The maximum Gasteiger partial charge on any atom is 0.586 e. The molecular formula is C28H33ClF2N2O8. The van der Waals surface area contributed by atoms with Crippen LogP contribution in [0.2, 0.25) is 5.02 Å². The Morgan fingerprint density at radius 1 is 1.05 bits per heavy atom. The zero-order valence-electron chi connectivity index (χ0n) is 23.1. The SMILES string of the molecule is CNC1C=CCC(C)(NC)C1.COC(=O)c1cc(OCC=O)ccc1Cl.O=CCOc1ccc2c(c1)OC(F)(F)O2. The van der Waals surface area contributed by atoms with Crippen molar-refractivity contribution in [2.45, 2.75) is 37.6 Å². The van der Waals surface area contributed by atoms with Crippen LogP contribution in [0.3, 0.4) is 0 Å². The zero-order chi connectivity index (χ0) is 30.5. The summed E-state index contributed by atoms with van der Waals surface area (Å²) < 4.78 is 48.0. The van der Waals surface area contributed by atoms with E-state index in [-0.39, 0.29) is 41.0 Å². The van der Waals surface area contributed by atoms with E-state index in [4.69, 9.17) is 21.1 Å². The van der Waals surface area contributed by atoms with Crippen LogP contribution in [0, 0.1) is 0 Å². The van der Waals surface area contributed by atoms with E-state index in [2.05, 4.69) is 43.9 Å². The predicted molar refractivity (Wildman–Crippen MR) is 147 cm³/mol. The fraction of sp³-hybridized carbons (Fsp3) is 0.393. The van der Waals surface area contributed by atoms with Crippen molar-refractivity contribution in [3.8, 4) is 23.0 Å². The molecule has 0 bridgehead atoms. The van der Waals surface area contributed by atoms with Crippen molar-refractivity contribution in [1.82, 2.24) is 10.6 Å². The summed E-state index contributed by atoms with van der Waals surface area (Å²) in [6.07, 6.45) is 4.36. The molecule has 2 aromatic carbocycles. The van der Waals surface area contributed by atoms with E-state index in [9.17, 15) is 23.2 Å². The second kappa shape index (κ2) is 15.9. The van der Waals surface area contributed by atoms with E-state index in [1.165, 1.54) is 43.9 Å². The molecule has 1 heterocycles. The number of nitrogens with one attached hydrogen (secondary N) is 2. The molecule has 41 heavy (non-hydrogen) atoms. The Bertz CT molecular complexity index is 1210. The first kappa shape index (κ1) is 33.5. The van der Waals surface area contributed by atoms with E-state index in [1.54, 1.807) is 6.07 Å². The van der Waals surface area contributed by atoms with Crippen LogP contribution in [0.15, 0.2) is 48.6 Å². The van der Waals surface area contributed by atoms with Gasteiger partial charge in [0.25, 0.3) is 0 Å². The van der Waals surface area contributed by atoms with E-state index in [1.807, 2.05) is 14.1 Å². The van der Waals surface area contributed by atoms with Gasteiger partial charge in [-0.1, -0.05) is 23.8 Å². The highest BCUT2D eigenvalue weighted by molar-refractivity contribution is 6.33. The van der Waals surface area contributed by atoms with Crippen molar-refractivity contribution in [2.24, 2.45) is 0 Å². The van der Waals surface area contributed by atoms with Crippen LogP contribution >= 0.6 is 11.6 Å². The lowest BCUT2D eigenvalue weighted by molar-refractivity contribution is -0.286. The van der Waals surface area contributed by atoms with Gasteiger partial charge >= 0.3 is 12.3 Å². The molecule has 0 amide bonds. The molecule has 0 saturated carbocycles. The monoisotopic (exact) mass is 598 g/mol. The molecular weight excluding hydrogens is 566 g/mol. The molecule has 10 nitrogen and oxygen atoms in total. The number of hydrogen-bond acceptors (Lipinski definition) is 10. The van der Waals surface area contributed by atoms with Gasteiger partial charge < -0.3 is 34.3 Å². The molecule has 13 heteroatoms. The Hall–Kier alpha value is -3.74. The number of methoxy groups -OCH3 is 1. The van der Waals surface area contributed by atoms with Crippen LogP contribution in [0.4, 0.5) is 8.78 Å². The minimum Gasteiger partial charge on any atom is -0.486 e. The number of hydrogen-bond donors (Lipinski definition) is 2. The van der Waals surface area contributed by atoms with Crippen LogP contribution in [0.5, 0.6) is 23.0 Å². The Balaban J connectivity index is 0.000000218. The van der Waals surface area contributed by atoms with Gasteiger partial charge in [0.05, 0.1) is 17.7 Å². The molecule has 4 rings (SSSR count). The van der Waals surface area contributed by atoms with Gasteiger partial charge in [0.1, 0.15) is 24.7 Å². The quantitative estimate of drug-likeness (QED) is 0.247. The minimum atomic E-state index is -3.63. The van der Waals surface area contributed by atoms with Gasteiger partial charge in [-0.3, -0.25) is 9.59 Å². The van der Waals surface area contributed by atoms with Crippen LogP contribution in [0.25, 0.3) is 0 Å². The van der Waals surface area contributed by atoms with E-state index in [0.717, 1.165) is 6.42 Å². The summed E-state index contributed by atoms with van der Waals surface area (Å²) in [4.78, 5) is 31.3. The van der Waals surface area contributed by atoms with Crippen LogP contribution in [-0.2, 0) is 14.3 Å². The third-order valence-corrected chi connectivity index (χ3v) is 6.26. The van der Waals surface area contributed by atoms with Crippen molar-refractivity contribution in [3.63, 3.8) is 0 Å². The Morgan fingerprint density at radius 2 is 1.66 bits per heavy atom. The Kier molecular flexibility index (Phi) is 13.0. The number of carbonyl (C=O) groups excluding carboxylic acids is 3. The van der Waals surface area contributed by atoms with E-state index >= 15 is 0 Å². The van der Waals surface area contributed by atoms with E-state index in [0.29, 0.717) is 29.9 Å². The van der Waals surface area contributed by atoms with Crippen molar-refractivity contribution >= 4 is 30.1 Å². The number of fused-ring (bicyclic) bond motifs is 1. The number of aldehydes is 2. The van der Waals surface area contributed by atoms with Gasteiger partial charge in [-0.15, -0.1) is 8.78 Å². The summed E-state index contributed by atoms with van der Waals surface area (Å²) in [5, 5.41) is 6.90. The Morgan fingerprint density at radius 3 is 2.24 bits per heavy atom. The highest BCUT2D eigenvalue weighted by Gasteiger charge is 2.43. The number of likely N-dealkylation sites (N-methyl/N-ethyl adjacent to an activating group) is 1. The average molecular weight is 599 g/mol. The normalized spacial score (nSPS) is 19.4. The molecule has 0 fully saturated rings. The molecule has 0 radical (unpaired) electrons. The first-order valence-electron chi connectivity index (χ1n) is 12.4. The smallest absolute Gasteiger partial charge is 0.486 e. The number of halogens is 3. The maximum absolute atomic E-state index is 12.6. The predicted octanol–water partition coefficient (Wildman–Crippen LogP) is 4.19. The van der Waals surface area contributed by atoms with Gasteiger partial charge in [0.2, 0.25) is 0 Å². The third-order valence-electron chi connectivity index (χ3n) is 5.93.